The first-order valence-electron chi connectivity index (χ1n) is 10.0. The Kier molecular flexibility index (Phi) is 5.62. The predicted octanol–water partition coefficient (Wildman–Crippen LogP) is 1.68. The van der Waals surface area contributed by atoms with E-state index in [9.17, 15) is 14.4 Å². The van der Waals surface area contributed by atoms with Crippen molar-refractivity contribution in [3.8, 4) is 5.75 Å². The summed E-state index contributed by atoms with van der Waals surface area (Å²) in [5, 5.41) is 5.71. The minimum absolute atomic E-state index is 0.297. The lowest BCUT2D eigenvalue weighted by molar-refractivity contribution is -0.122. The molecule has 8 nitrogen and oxygen atoms in total. The number of rotatable bonds is 6. The first kappa shape index (κ1) is 20.5. The van der Waals surface area contributed by atoms with Crippen LogP contribution in [0.1, 0.15) is 5.56 Å². The average molecular weight is 420 g/mol. The van der Waals surface area contributed by atoms with Gasteiger partial charge in [0.15, 0.2) is 0 Å². The molecule has 0 spiro atoms. The van der Waals surface area contributed by atoms with Crippen molar-refractivity contribution in [3.63, 3.8) is 0 Å². The van der Waals surface area contributed by atoms with Crippen LogP contribution in [0.3, 0.4) is 0 Å². The van der Waals surface area contributed by atoms with Gasteiger partial charge < -0.3 is 20.3 Å². The van der Waals surface area contributed by atoms with Crippen LogP contribution in [0.15, 0.2) is 66.4 Å². The summed E-state index contributed by atoms with van der Waals surface area (Å²) in [6.45, 7) is 0.432. The van der Waals surface area contributed by atoms with Crippen molar-refractivity contribution >= 4 is 23.5 Å². The van der Waals surface area contributed by atoms with Crippen LogP contribution >= 0.6 is 0 Å². The normalized spacial score (nSPS) is 20.1. The minimum atomic E-state index is -0.689. The quantitative estimate of drug-likeness (QED) is 0.742. The number of carbonyl (C=O) groups is 3. The highest BCUT2D eigenvalue weighted by Crippen LogP contribution is 2.29. The molecule has 31 heavy (non-hydrogen) atoms. The van der Waals surface area contributed by atoms with Crippen molar-refractivity contribution in [3.05, 3.63) is 71.9 Å². The Bertz CT molecular complexity index is 1020. The third-order valence-corrected chi connectivity index (χ3v) is 5.52. The van der Waals surface area contributed by atoms with Crippen LogP contribution in [0.5, 0.6) is 5.75 Å². The topological polar surface area (TPSA) is 91.0 Å². The van der Waals surface area contributed by atoms with Crippen LogP contribution < -0.4 is 20.3 Å². The zero-order valence-electron chi connectivity index (χ0n) is 17.4. The zero-order valence-corrected chi connectivity index (χ0v) is 17.4. The molecule has 2 atom stereocenters. The van der Waals surface area contributed by atoms with Crippen molar-refractivity contribution in [2.45, 2.75) is 18.5 Å². The molecule has 2 aromatic rings. The number of benzene rings is 2. The average Bonchev–Trinajstić information content (AvgIpc) is 3.11. The van der Waals surface area contributed by atoms with Gasteiger partial charge in [-0.15, -0.1) is 0 Å². The van der Waals surface area contributed by atoms with Gasteiger partial charge >= 0.3 is 6.03 Å². The standard InChI is InChI=1S/C23H24N4O4/c1-26-14-18(21(28)24-13-12-15-8-10-17(31-2)11-9-15)19-20(26)22(29)27(23(30)25-19)16-6-4-3-5-7-16/h3-11,14,19-20H,12-13H2,1-2H3,(H,24,28)(H,25,30). The Morgan fingerprint density at radius 2 is 1.81 bits per heavy atom. The number of imide groups is 1. The molecule has 1 fully saturated rings. The summed E-state index contributed by atoms with van der Waals surface area (Å²) in [6, 6.07) is 14.5. The van der Waals surface area contributed by atoms with E-state index in [2.05, 4.69) is 10.6 Å². The first-order chi connectivity index (χ1) is 15.0. The van der Waals surface area contributed by atoms with Gasteiger partial charge in [-0.1, -0.05) is 30.3 Å². The number of amides is 4. The van der Waals surface area contributed by atoms with E-state index in [1.807, 2.05) is 30.3 Å². The maximum absolute atomic E-state index is 13.1. The van der Waals surface area contributed by atoms with Crippen molar-refractivity contribution in [1.82, 2.24) is 15.5 Å². The van der Waals surface area contributed by atoms with Gasteiger partial charge in [0, 0.05) is 19.8 Å². The van der Waals surface area contributed by atoms with Gasteiger partial charge in [0.1, 0.15) is 11.8 Å². The number of anilines is 1. The van der Waals surface area contributed by atoms with Gasteiger partial charge in [0.2, 0.25) is 0 Å². The fourth-order valence-electron chi connectivity index (χ4n) is 3.92. The highest BCUT2D eigenvalue weighted by Gasteiger charge is 2.49. The number of likely N-dealkylation sites (N-methyl/N-ethyl adjacent to an activating group) is 1. The molecule has 2 unspecified atom stereocenters. The third-order valence-electron chi connectivity index (χ3n) is 5.52. The molecule has 4 amide bonds. The molecule has 0 aromatic heterocycles. The summed E-state index contributed by atoms with van der Waals surface area (Å²) in [5.74, 6) is 0.120. The minimum Gasteiger partial charge on any atom is -0.497 e. The Morgan fingerprint density at radius 3 is 2.48 bits per heavy atom. The summed E-state index contributed by atoms with van der Waals surface area (Å²) in [4.78, 5) is 41.4. The maximum Gasteiger partial charge on any atom is 0.329 e. The van der Waals surface area contributed by atoms with Crippen molar-refractivity contribution in [2.24, 2.45) is 0 Å². The van der Waals surface area contributed by atoms with Crippen LogP contribution in [-0.4, -0.2) is 55.5 Å². The smallest absolute Gasteiger partial charge is 0.329 e. The van der Waals surface area contributed by atoms with Gasteiger partial charge in [-0.3, -0.25) is 9.59 Å². The molecule has 0 saturated carbocycles. The molecular weight excluding hydrogens is 396 g/mol. The van der Waals surface area contributed by atoms with Gasteiger partial charge in [-0.25, -0.2) is 9.69 Å². The molecule has 2 N–H and O–H groups in total. The summed E-state index contributed by atoms with van der Waals surface area (Å²) in [6.07, 6.45) is 2.28. The number of carbonyl (C=O) groups excluding carboxylic acids is 3. The lowest BCUT2D eigenvalue weighted by Gasteiger charge is -2.37. The molecule has 2 aliphatic heterocycles. The van der Waals surface area contributed by atoms with Crippen LogP contribution in [-0.2, 0) is 16.0 Å². The lowest BCUT2D eigenvalue weighted by Crippen LogP contribution is -2.65. The van der Waals surface area contributed by atoms with Crippen LogP contribution in [0, 0.1) is 0 Å². The summed E-state index contributed by atoms with van der Waals surface area (Å²) in [5.41, 5.74) is 1.93. The molecule has 0 bridgehead atoms. The monoisotopic (exact) mass is 420 g/mol. The number of fused-ring (bicyclic) bond motifs is 1. The highest BCUT2D eigenvalue weighted by atomic mass is 16.5. The first-order valence-corrected chi connectivity index (χ1v) is 10.0. The summed E-state index contributed by atoms with van der Waals surface area (Å²) in [7, 11) is 3.34. The predicted molar refractivity (Wildman–Crippen MR) is 116 cm³/mol. The van der Waals surface area contributed by atoms with E-state index in [1.165, 1.54) is 0 Å². The molecule has 160 valence electrons. The molecule has 1 saturated heterocycles. The molecule has 8 heteroatoms. The molecule has 0 radical (unpaired) electrons. The van der Waals surface area contributed by atoms with Crippen LogP contribution in [0.2, 0.25) is 0 Å². The number of nitrogens with one attached hydrogen (secondary N) is 2. The molecule has 2 aliphatic rings. The molecule has 2 aromatic carbocycles. The number of methoxy groups -OCH3 is 1. The Labute approximate surface area is 180 Å². The number of urea groups is 1. The number of hydrogen-bond acceptors (Lipinski definition) is 5. The highest BCUT2D eigenvalue weighted by molar-refractivity contribution is 6.19. The van der Waals surface area contributed by atoms with Gasteiger partial charge in [-0.2, -0.15) is 0 Å². The second-order valence-corrected chi connectivity index (χ2v) is 7.49. The molecule has 4 rings (SSSR count). The van der Waals surface area contributed by atoms with Crippen LogP contribution in [0.25, 0.3) is 0 Å². The largest absolute Gasteiger partial charge is 0.497 e. The zero-order chi connectivity index (χ0) is 22.0. The van der Waals surface area contributed by atoms with Gasteiger partial charge in [0.25, 0.3) is 11.8 Å². The van der Waals surface area contributed by atoms with E-state index in [0.717, 1.165) is 16.2 Å². The van der Waals surface area contributed by atoms with Gasteiger partial charge in [-0.05, 0) is 36.2 Å². The summed E-state index contributed by atoms with van der Waals surface area (Å²) >= 11 is 0. The third kappa shape index (κ3) is 3.96. The maximum atomic E-state index is 13.1. The molecule has 2 heterocycles. The fourth-order valence-corrected chi connectivity index (χ4v) is 3.92. The van der Waals surface area contributed by atoms with Crippen molar-refractivity contribution < 1.29 is 19.1 Å². The van der Waals surface area contributed by atoms with Crippen LogP contribution in [0.4, 0.5) is 10.5 Å². The van der Waals surface area contributed by atoms with E-state index in [0.29, 0.717) is 24.2 Å². The fraction of sp³-hybridized carbons (Fsp3) is 0.261. The lowest BCUT2D eigenvalue weighted by atomic mass is 9.99. The SMILES string of the molecule is COc1ccc(CCNC(=O)C2=CN(C)C3C(=O)N(c4ccccc4)C(=O)NC23)cc1. The second kappa shape index (κ2) is 8.51. The number of nitrogens with zero attached hydrogens (tertiary/aromatic N) is 2. The van der Waals surface area contributed by atoms with E-state index < -0.39 is 18.1 Å². The van der Waals surface area contributed by atoms with E-state index in [4.69, 9.17) is 4.74 Å². The Hall–Kier alpha value is -3.81. The number of ether oxygens (including phenoxy) is 1. The van der Waals surface area contributed by atoms with E-state index >= 15 is 0 Å². The molecule has 0 aliphatic carbocycles. The van der Waals surface area contributed by atoms with Gasteiger partial charge in [0.05, 0.1) is 24.4 Å². The number of para-hydroxylation sites is 1. The Morgan fingerprint density at radius 1 is 1.10 bits per heavy atom. The number of hydrogen-bond donors (Lipinski definition) is 2. The van der Waals surface area contributed by atoms with E-state index in [1.54, 1.807) is 49.5 Å². The van der Waals surface area contributed by atoms with Crippen molar-refractivity contribution in [1.29, 1.82) is 0 Å². The molecular formula is C23H24N4O4. The van der Waals surface area contributed by atoms with E-state index in [-0.39, 0.29) is 11.8 Å². The Balaban J connectivity index is 1.41. The van der Waals surface area contributed by atoms with Crippen molar-refractivity contribution in [2.75, 3.05) is 25.6 Å². The summed E-state index contributed by atoms with van der Waals surface area (Å²) < 4.78 is 5.15. The second-order valence-electron chi connectivity index (χ2n) is 7.49.